The van der Waals surface area contributed by atoms with Crippen LogP contribution in [-0.4, -0.2) is 6.61 Å². The average Bonchev–Trinajstić information content (AvgIpc) is 2.72. The van der Waals surface area contributed by atoms with Crippen molar-refractivity contribution in [2.75, 3.05) is 6.61 Å². The van der Waals surface area contributed by atoms with Crippen LogP contribution < -0.4 is 9.47 Å². The fraction of sp³-hybridized carbons (Fsp3) is 0.417. The second kappa shape index (κ2) is 8.13. The van der Waals surface area contributed by atoms with Crippen molar-refractivity contribution in [3.8, 4) is 17.2 Å². The Hall–Kier alpha value is -2.43. The SMILES string of the molecule is CCCC1CC=C(c2ccc3c(c2F)Oc2c(cc(OCC)c(F)c2F)C3)CC1. The number of hydrogen-bond acceptors (Lipinski definition) is 2. The van der Waals surface area contributed by atoms with Crippen molar-refractivity contribution in [2.24, 2.45) is 5.92 Å². The molecular formula is C24H25F3O2. The van der Waals surface area contributed by atoms with Crippen molar-refractivity contribution in [1.82, 2.24) is 0 Å². The maximum atomic E-state index is 15.3. The summed E-state index contributed by atoms with van der Waals surface area (Å²) >= 11 is 0. The Labute approximate surface area is 169 Å². The minimum Gasteiger partial charge on any atom is -0.491 e. The van der Waals surface area contributed by atoms with Crippen LogP contribution in [0.4, 0.5) is 13.2 Å². The summed E-state index contributed by atoms with van der Waals surface area (Å²) < 4.78 is 54.8. The van der Waals surface area contributed by atoms with E-state index < -0.39 is 17.5 Å². The maximum Gasteiger partial charge on any atom is 0.205 e. The molecule has 2 nitrogen and oxygen atoms in total. The molecule has 4 rings (SSSR count). The second-order valence-electron chi connectivity index (χ2n) is 7.78. The van der Waals surface area contributed by atoms with Gasteiger partial charge in [-0.1, -0.05) is 38.0 Å². The Morgan fingerprint density at radius 1 is 1.03 bits per heavy atom. The lowest BCUT2D eigenvalue weighted by atomic mass is 9.83. The molecule has 1 atom stereocenters. The summed E-state index contributed by atoms with van der Waals surface area (Å²) in [6.07, 6.45) is 7.52. The normalized spacial score (nSPS) is 17.8. The summed E-state index contributed by atoms with van der Waals surface area (Å²) in [5, 5.41) is 0. The van der Waals surface area contributed by atoms with E-state index in [0.29, 0.717) is 22.6 Å². The summed E-state index contributed by atoms with van der Waals surface area (Å²) in [5.41, 5.74) is 2.53. The molecule has 1 heterocycles. The molecule has 0 spiro atoms. The molecule has 2 aromatic carbocycles. The van der Waals surface area contributed by atoms with Gasteiger partial charge >= 0.3 is 0 Å². The zero-order valence-corrected chi connectivity index (χ0v) is 16.8. The molecule has 0 saturated carbocycles. The highest BCUT2D eigenvalue weighted by molar-refractivity contribution is 5.70. The lowest BCUT2D eigenvalue weighted by Gasteiger charge is -2.25. The van der Waals surface area contributed by atoms with Gasteiger partial charge in [0.05, 0.1) is 6.61 Å². The summed E-state index contributed by atoms with van der Waals surface area (Å²) in [6, 6.07) is 5.03. The zero-order chi connectivity index (χ0) is 20.5. The Morgan fingerprint density at radius 3 is 2.52 bits per heavy atom. The first-order chi connectivity index (χ1) is 14.0. The minimum atomic E-state index is -1.14. The number of benzene rings is 2. The highest BCUT2D eigenvalue weighted by atomic mass is 19.2. The van der Waals surface area contributed by atoms with Crippen molar-refractivity contribution < 1.29 is 22.6 Å². The molecule has 0 N–H and O–H groups in total. The second-order valence-corrected chi connectivity index (χ2v) is 7.78. The van der Waals surface area contributed by atoms with E-state index in [1.165, 1.54) is 12.5 Å². The summed E-state index contributed by atoms with van der Waals surface area (Å²) in [5.74, 6) is -2.50. The number of halogens is 3. The van der Waals surface area contributed by atoms with Gasteiger partial charge in [0.2, 0.25) is 11.6 Å². The molecule has 0 saturated heterocycles. The first-order valence-electron chi connectivity index (χ1n) is 10.4. The van der Waals surface area contributed by atoms with Gasteiger partial charge in [0.15, 0.2) is 23.1 Å². The summed E-state index contributed by atoms with van der Waals surface area (Å²) in [7, 11) is 0. The van der Waals surface area contributed by atoms with Gasteiger partial charge in [-0.25, -0.2) is 4.39 Å². The fourth-order valence-electron chi connectivity index (χ4n) is 4.34. The number of ether oxygens (including phenoxy) is 2. The van der Waals surface area contributed by atoms with E-state index in [1.54, 1.807) is 13.0 Å². The molecule has 0 aromatic heterocycles. The highest BCUT2D eigenvalue weighted by Crippen LogP contribution is 2.45. The molecule has 154 valence electrons. The molecule has 1 unspecified atom stereocenters. The minimum absolute atomic E-state index is 0.00552. The van der Waals surface area contributed by atoms with Crippen LogP contribution in [0.25, 0.3) is 5.57 Å². The van der Waals surface area contributed by atoms with E-state index in [2.05, 4.69) is 13.0 Å². The molecule has 2 aliphatic rings. The van der Waals surface area contributed by atoms with Crippen molar-refractivity contribution in [2.45, 2.75) is 52.4 Å². The first kappa shape index (κ1) is 19.9. The number of allylic oxidation sites excluding steroid dienone is 2. The largest absolute Gasteiger partial charge is 0.491 e. The summed E-state index contributed by atoms with van der Waals surface area (Å²) in [4.78, 5) is 0. The van der Waals surface area contributed by atoms with Crippen molar-refractivity contribution in [3.05, 3.63) is 58.4 Å². The van der Waals surface area contributed by atoms with Gasteiger partial charge in [0.25, 0.3) is 0 Å². The number of rotatable bonds is 5. The van der Waals surface area contributed by atoms with Crippen molar-refractivity contribution in [3.63, 3.8) is 0 Å². The standard InChI is InChI=1S/C24H25F3O2/c1-3-5-14-6-8-15(9-7-14)18-11-10-16-12-17-13-19(28-4-2)21(26)22(27)24(17)29-23(16)20(18)25/h8,10-11,13-14H,3-7,9,12H2,1-2H3. The molecular weight excluding hydrogens is 377 g/mol. The molecule has 0 bridgehead atoms. The Kier molecular flexibility index (Phi) is 5.57. The Bertz CT molecular complexity index is 965. The molecule has 29 heavy (non-hydrogen) atoms. The van der Waals surface area contributed by atoms with Gasteiger partial charge in [-0.2, -0.15) is 8.78 Å². The lowest BCUT2D eigenvalue weighted by molar-refractivity contribution is 0.306. The van der Waals surface area contributed by atoms with E-state index in [-0.39, 0.29) is 30.3 Å². The average molecular weight is 402 g/mol. The quantitative estimate of drug-likeness (QED) is 0.450. The molecule has 2 aromatic rings. The number of fused-ring (bicyclic) bond motifs is 2. The van der Waals surface area contributed by atoms with Crippen molar-refractivity contribution >= 4 is 5.57 Å². The third-order valence-electron chi connectivity index (χ3n) is 5.83. The fourth-order valence-corrected chi connectivity index (χ4v) is 4.34. The van der Waals surface area contributed by atoms with E-state index in [0.717, 1.165) is 31.3 Å². The Balaban J connectivity index is 1.67. The predicted molar refractivity (Wildman–Crippen MR) is 107 cm³/mol. The number of hydrogen-bond donors (Lipinski definition) is 0. The van der Waals surface area contributed by atoms with Gasteiger partial charge in [-0.05, 0) is 43.7 Å². The van der Waals surface area contributed by atoms with E-state index in [4.69, 9.17) is 9.47 Å². The van der Waals surface area contributed by atoms with Crippen LogP contribution in [0.1, 0.15) is 62.6 Å². The van der Waals surface area contributed by atoms with Crippen molar-refractivity contribution in [1.29, 1.82) is 0 Å². The lowest BCUT2D eigenvalue weighted by Crippen LogP contribution is -2.11. The van der Waals surface area contributed by atoms with Crippen LogP contribution in [0.15, 0.2) is 24.3 Å². The molecule has 0 amide bonds. The van der Waals surface area contributed by atoms with Crippen LogP contribution in [0.3, 0.4) is 0 Å². The van der Waals surface area contributed by atoms with Crippen LogP contribution in [-0.2, 0) is 6.42 Å². The van der Waals surface area contributed by atoms with E-state index >= 15 is 4.39 Å². The van der Waals surface area contributed by atoms with E-state index in [9.17, 15) is 8.78 Å². The third kappa shape index (κ3) is 3.63. The highest BCUT2D eigenvalue weighted by Gasteiger charge is 2.29. The predicted octanol–water partition coefficient (Wildman–Crippen LogP) is 7.18. The smallest absolute Gasteiger partial charge is 0.205 e. The van der Waals surface area contributed by atoms with Crippen LogP contribution >= 0.6 is 0 Å². The maximum absolute atomic E-state index is 15.3. The molecule has 1 aliphatic heterocycles. The van der Waals surface area contributed by atoms with Gasteiger partial charge in [0.1, 0.15) is 0 Å². The molecule has 1 aliphatic carbocycles. The van der Waals surface area contributed by atoms with Crippen LogP contribution in [0.2, 0.25) is 0 Å². The van der Waals surface area contributed by atoms with Gasteiger partial charge < -0.3 is 9.47 Å². The van der Waals surface area contributed by atoms with Gasteiger partial charge in [-0.3, -0.25) is 0 Å². The van der Waals surface area contributed by atoms with Crippen LogP contribution in [0.5, 0.6) is 17.2 Å². The zero-order valence-electron chi connectivity index (χ0n) is 16.8. The topological polar surface area (TPSA) is 18.5 Å². The van der Waals surface area contributed by atoms with Gasteiger partial charge in [-0.15, -0.1) is 0 Å². The molecule has 5 heteroatoms. The van der Waals surface area contributed by atoms with Crippen LogP contribution in [0, 0.1) is 23.4 Å². The van der Waals surface area contributed by atoms with E-state index in [1.807, 2.05) is 6.07 Å². The first-order valence-corrected chi connectivity index (χ1v) is 10.4. The third-order valence-corrected chi connectivity index (χ3v) is 5.83. The Morgan fingerprint density at radius 2 is 1.83 bits per heavy atom. The van der Waals surface area contributed by atoms with Gasteiger partial charge in [0, 0.05) is 23.1 Å². The molecule has 0 radical (unpaired) electrons. The monoisotopic (exact) mass is 402 g/mol. The molecule has 0 fully saturated rings. The summed E-state index contributed by atoms with van der Waals surface area (Å²) in [6.45, 7) is 4.10.